The Morgan fingerprint density at radius 2 is 1.50 bits per heavy atom. The van der Waals surface area contributed by atoms with E-state index in [-0.39, 0.29) is 0 Å². The minimum absolute atomic E-state index is 0.574. The molecular weight excluding hydrogens is 358 g/mol. The SMILES string of the molecule is CC(=O)N[C@H]1[C@@H](O[C@@H]2O[C@@H](CO)[C@H](O)[C@H](O)[C@@H]2O)[C@@H](O)[C@H](CO)O[C@H]1O. The first-order chi connectivity index (χ1) is 12.2. The van der Waals surface area contributed by atoms with Gasteiger partial charge in [-0.05, 0) is 0 Å². The first-order valence-electron chi connectivity index (χ1n) is 8.06. The van der Waals surface area contributed by atoms with Gasteiger partial charge >= 0.3 is 0 Å². The lowest BCUT2D eigenvalue weighted by molar-refractivity contribution is -0.341. The number of aliphatic hydroxyl groups excluding tert-OH is 7. The lowest BCUT2D eigenvalue weighted by Gasteiger charge is -2.46. The van der Waals surface area contributed by atoms with Crippen molar-refractivity contribution in [1.82, 2.24) is 5.32 Å². The molecule has 2 aliphatic heterocycles. The first-order valence-corrected chi connectivity index (χ1v) is 8.06. The van der Waals surface area contributed by atoms with Crippen molar-refractivity contribution in [2.75, 3.05) is 13.2 Å². The van der Waals surface area contributed by atoms with E-state index < -0.39 is 80.5 Å². The number of aliphatic hydroxyl groups is 7. The zero-order valence-electron chi connectivity index (χ0n) is 14.0. The average molecular weight is 383 g/mol. The average Bonchev–Trinajstić information content (AvgIpc) is 2.60. The topological polar surface area (TPSA) is 198 Å². The third-order valence-corrected chi connectivity index (χ3v) is 4.38. The molecule has 2 heterocycles. The summed E-state index contributed by atoms with van der Waals surface area (Å²) in [6, 6.07) is -1.28. The van der Waals surface area contributed by atoms with Crippen LogP contribution >= 0.6 is 0 Å². The van der Waals surface area contributed by atoms with Crippen LogP contribution in [0.5, 0.6) is 0 Å². The Kier molecular flexibility index (Phi) is 7.27. The van der Waals surface area contributed by atoms with E-state index >= 15 is 0 Å². The van der Waals surface area contributed by atoms with Crippen LogP contribution in [-0.2, 0) is 19.0 Å². The van der Waals surface area contributed by atoms with Gasteiger partial charge in [0.15, 0.2) is 12.6 Å². The van der Waals surface area contributed by atoms with E-state index in [9.17, 15) is 40.5 Å². The van der Waals surface area contributed by atoms with E-state index in [0.717, 1.165) is 6.92 Å². The number of rotatable bonds is 5. The van der Waals surface area contributed by atoms with Gasteiger partial charge in [0.25, 0.3) is 0 Å². The van der Waals surface area contributed by atoms with E-state index in [4.69, 9.17) is 14.2 Å². The summed E-state index contributed by atoms with van der Waals surface area (Å²) in [5.41, 5.74) is 0. The highest BCUT2D eigenvalue weighted by Crippen LogP contribution is 2.28. The van der Waals surface area contributed by atoms with Gasteiger partial charge in [0.1, 0.15) is 48.8 Å². The van der Waals surface area contributed by atoms with Crippen molar-refractivity contribution >= 4 is 5.91 Å². The standard InChI is InChI=1S/C14H25NO11/c1-4(18)15-7-12(9(20)6(3-17)24-13(7)23)26-14-11(22)10(21)8(19)5(2-16)25-14/h5-14,16-17,19-23H,2-3H2,1H3,(H,15,18)/t5-,6-,7-,8-,9-,10-,11-,12+,13+,14-/m0/s1. The first kappa shape index (κ1) is 21.4. The molecule has 2 saturated heterocycles. The molecule has 0 saturated carbocycles. The van der Waals surface area contributed by atoms with Gasteiger partial charge in [-0.3, -0.25) is 4.79 Å². The van der Waals surface area contributed by atoms with Crippen LogP contribution in [0.15, 0.2) is 0 Å². The predicted molar refractivity (Wildman–Crippen MR) is 80.2 cm³/mol. The maximum absolute atomic E-state index is 11.4. The summed E-state index contributed by atoms with van der Waals surface area (Å²) in [7, 11) is 0. The maximum Gasteiger partial charge on any atom is 0.217 e. The Hall–Kier alpha value is -0.930. The second kappa shape index (κ2) is 8.84. The van der Waals surface area contributed by atoms with Crippen molar-refractivity contribution in [3.63, 3.8) is 0 Å². The lowest BCUT2D eigenvalue weighted by Crippen LogP contribution is -2.67. The Labute approximate surface area is 148 Å². The number of hydrogen-bond acceptors (Lipinski definition) is 11. The molecule has 0 unspecified atom stereocenters. The number of nitrogens with one attached hydrogen (secondary N) is 1. The van der Waals surface area contributed by atoms with Gasteiger partial charge in [0.05, 0.1) is 13.2 Å². The van der Waals surface area contributed by atoms with Gasteiger partial charge in [0.2, 0.25) is 5.91 Å². The minimum atomic E-state index is -1.74. The Morgan fingerprint density at radius 3 is 2.04 bits per heavy atom. The second-order valence-electron chi connectivity index (χ2n) is 6.26. The van der Waals surface area contributed by atoms with Gasteiger partial charge in [-0.2, -0.15) is 0 Å². The highest BCUT2D eigenvalue weighted by atomic mass is 16.7. The summed E-state index contributed by atoms with van der Waals surface area (Å²) in [5, 5.41) is 70.7. The summed E-state index contributed by atoms with van der Waals surface area (Å²) in [6.07, 6.45) is -13.7. The molecule has 12 nitrogen and oxygen atoms in total. The predicted octanol–water partition coefficient (Wildman–Crippen LogP) is -5.25. The summed E-state index contributed by atoms with van der Waals surface area (Å²) in [4.78, 5) is 11.4. The van der Waals surface area contributed by atoms with Crippen LogP contribution in [-0.4, -0.2) is 116 Å². The van der Waals surface area contributed by atoms with E-state index in [0.29, 0.717) is 0 Å². The van der Waals surface area contributed by atoms with Crippen molar-refractivity contribution in [3.05, 3.63) is 0 Å². The Bertz CT molecular complexity index is 478. The summed E-state index contributed by atoms with van der Waals surface area (Å²) in [6.45, 7) is -0.195. The maximum atomic E-state index is 11.4. The third kappa shape index (κ3) is 4.31. The van der Waals surface area contributed by atoms with Crippen LogP contribution in [0, 0.1) is 0 Å². The molecule has 0 spiro atoms. The van der Waals surface area contributed by atoms with Crippen molar-refractivity contribution in [2.24, 2.45) is 0 Å². The number of amides is 1. The monoisotopic (exact) mass is 383 g/mol. The molecule has 0 aromatic rings. The normalized spacial score (nSPS) is 46.8. The van der Waals surface area contributed by atoms with Crippen molar-refractivity contribution in [2.45, 2.75) is 68.3 Å². The Balaban J connectivity index is 2.21. The van der Waals surface area contributed by atoms with Crippen LogP contribution in [0.1, 0.15) is 6.92 Å². The molecule has 10 atom stereocenters. The van der Waals surface area contributed by atoms with Crippen molar-refractivity contribution in [1.29, 1.82) is 0 Å². The number of carbonyl (C=O) groups excluding carboxylic acids is 1. The third-order valence-electron chi connectivity index (χ3n) is 4.38. The zero-order valence-corrected chi connectivity index (χ0v) is 14.0. The smallest absolute Gasteiger partial charge is 0.217 e. The molecule has 0 aromatic carbocycles. The van der Waals surface area contributed by atoms with Gasteiger partial charge in [-0.15, -0.1) is 0 Å². The molecule has 0 radical (unpaired) electrons. The number of hydrogen-bond donors (Lipinski definition) is 8. The van der Waals surface area contributed by atoms with Crippen LogP contribution in [0.2, 0.25) is 0 Å². The number of ether oxygens (including phenoxy) is 3. The molecular formula is C14H25NO11. The van der Waals surface area contributed by atoms with Gasteiger partial charge in [-0.1, -0.05) is 0 Å². The molecule has 26 heavy (non-hydrogen) atoms. The van der Waals surface area contributed by atoms with Gasteiger partial charge in [-0.25, -0.2) is 0 Å². The highest BCUT2D eigenvalue weighted by Gasteiger charge is 2.50. The summed E-state index contributed by atoms with van der Waals surface area (Å²) < 4.78 is 15.7. The van der Waals surface area contributed by atoms with E-state index in [1.165, 1.54) is 0 Å². The van der Waals surface area contributed by atoms with E-state index in [1.807, 2.05) is 0 Å². The fourth-order valence-corrected chi connectivity index (χ4v) is 2.97. The number of carbonyl (C=O) groups is 1. The van der Waals surface area contributed by atoms with E-state index in [2.05, 4.69) is 5.32 Å². The Morgan fingerprint density at radius 1 is 0.923 bits per heavy atom. The molecule has 152 valence electrons. The molecule has 1 amide bonds. The highest BCUT2D eigenvalue weighted by molar-refractivity contribution is 5.73. The molecule has 2 aliphatic rings. The molecule has 0 bridgehead atoms. The molecule has 2 fully saturated rings. The molecule has 12 heteroatoms. The molecule has 2 rings (SSSR count). The largest absolute Gasteiger partial charge is 0.394 e. The van der Waals surface area contributed by atoms with Crippen molar-refractivity contribution in [3.8, 4) is 0 Å². The van der Waals surface area contributed by atoms with Gasteiger partial charge < -0.3 is 55.3 Å². The second-order valence-corrected chi connectivity index (χ2v) is 6.26. The molecule has 0 aromatic heterocycles. The zero-order chi connectivity index (χ0) is 19.6. The lowest BCUT2D eigenvalue weighted by atomic mass is 9.95. The van der Waals surface area contributed by atoms with E-state index in [1.54, 1.807) is 0 Å². The van der Waals surface area contributed by atoms with Gasteiger partial charge in [0, 0.05) is 6.92 Å². The fraction of sp³-hybridized carbons (Fsp3) is 0.929. The quantitative estimate of drug-likeness (QED) is 0.226. The minimum Gasteiger partial charge on any atom is -0.394 e. The van der Waals surface area contributed by atoms with Crippen LogP contribution < -0.4 is 5.32 Å². The van der Waals surface area contributed by atoms with Crippen molar-refractivity contribution < 1.29 is 54.8 Å². The van der Waals surface area contributed by atoms with Crippen LogP contribution in [0.4, 0.5) is 0 Å². The molecule has 0 aliphatic carbocycles. The summed E-state index contributed by atoms with van der Waals surface area (Å²) in [5.74, 6) is -0.574. The molecule has 8 N–H and O–H groups in total. The summed E-state index contributed by atoms with van der Waals surface area (Å²) >= 11 is 0. The van der Waals surface area contributed by atoms with Crippen LogP contribution in [0.3, 0.4) is 0 Å². The van der Waals surface area contributed by atoms with Crippen LogP contribution in [0.25, 0.3) is 0 Å². The fourth-order valence-electron chi connectivity index (χ4n) is 2.97.